The van der Waals surface area contributed by atoms with E-state index in [-0.39, 0.29) is 10.7 Å². The van der Waals surface area contributed by atoms with E-state index in [9.17, 15) is 9.18 Å². The van der Waals surface area contributed by atoms with Crippen molar-refractivity contribution in [1.82, 2.24) is 15.0 Å². The number of carbonyl (C=O) groups is 1. The number of rotatable bonds is 6. The van der Waals surface area contributed by atoms with Crippen LogP contribution >= 0.6 is 11.6 Å². The van der Waals surface area contributed by atoms with E-state index < -0.39 is 11.8 Å². The molecule has 2 aromatic heterocycles. The van der Waals surface area contributed by atoms with Crippen LogP contribution in [0.15, 0.2) is 67.0 Å². The predicted octanol–water partition coefficient (Wildman–Crippen LogP) is 6.12. The Balaban J connectivity index is 1.49. The second-order valence-corrected chi connectivity index (χ2v) is 7.57. The van der Waals surface area contributed by atoms with Crippen LogP contribution in [0.2, 0.25) is 5.02 Å². The van der Waals surface area contributed by atoms with Gasteiger partial charge in [0.2, 0.25) is 11.8 Å². The fraction of sp³-hybridized carbons (Fsp3) is 0.0833. The predicted molar refractivity (Wildman–Crippen MR) is 130 cm³/mol. The van der Waals surface area contributed by atoms with Crippen LogP contribution in [-0.2, 0) is 0 Å². The molecule has 34 heavy (non-hydrogen) atoms. The second kappa shape index (κ2) is 10.1. The standard InChI is InChI=1S/C24H20ClFN6O2/c1-14-12-15(30-24(33)31-16-5-7-18(25)19(26)13-16)6-8-21(14)34-22-17(4-3-10-28-22)20-9-11-29-23(27-2)32-20/h3-13H,1-2H3,(H,27,29,32)(H2,30,31,33). The van der Waals surface area contributed by atoms with Crippen molar-refractivity contribution in [3.63, 3.8) is 0 Å². The first-order chi connectivity index (χ1) is 16.4. The van der Waals surface area contributed by atoms with E-state index in [0.29, 0.717) is 34.5 Å². The number of benzene rings is 2. The van der Waals surface area contributed by atoms with Gasteiger partial charge < -0.3 is 20.7 Å². The molecule has 0 unspecified atom stereocenters. The summed E-state index contributed by atoms with van der Waals surface area (Å²) < 4.78 is 19.6. The van der Waals surface area contributed by atoms with Crippen molar-refractivity contribution in [2.45, 2.75) is 6.92 Å². The number of aromatic nitrogens is 3. The fourth-order valence-corrected chi connectivity index (χ4v) is 3.23. The molecule has 0 fully saturated rings. The number of nitrogens with zero attached hydrogens (tertiary/aromatic N) is 3. The highest BCUT2D eigenvalue weighted by Crippen LogP contribution is 2.33. The summed E-state index contributed by atoms with van der Waals surface area (Å²) in [6.45, 7) is 1.85. The van der Waals surface area contributed by atoms with Crippen molar-refractivity contribution >= 4 is 35.0 Å². The first kappa shape index (κ1) is 22.9. The molecule has 0 aliphatic rings. The Bertz CT molecular complexity index is 1350. The maximum Gasteiger partial charge on any atom is 0.323 e. The second-order valence-electron chi connectivity index (χ2n) is 7.16. The molecule has 3 N–H and O–H groups in total. The fourth-order valence-electron chi connectivity index (χ4n) is 3.11. The SMILES string of the molecule is CNc1nccc(-c2cccnc2Oc2ccc(NC(=O)Nc3ccc(Cl)c(F)c3)cc2C)n1. The highest BCUT2D eigenvalue weighted by atomic mass is 35.5. The molecule has 2 aromatic carbocycles. The van der Waals surface area contributed by atoms with E-state index in [1.54, 1.807) is 49.8 Å². The number of amides is 2. The molecule has 0 spiro atoms. The molecule has 2 heterocycles. The van der Waals surface area contributed by atoms with Crippen LogP contribution in [-0.4, -0.2) is 28.0 Å². The number of anilines is 3. The third-order valence-corrected chi connectivity index (χ3v) is 5.05. The van der Waals surface area contributed by atoms with Crippen molar-refractivity contribution in [3.8, 4) is 22.9 Å². The van der Waals surface area contributed by atoms with Crippen LogP contribution < -0.4 is 20.7 Å². The zero-order valence-corrected chi connectivity index (χ0v) is 19.0. The molecule has 10 heteroatoms. The van der Waals surface area contributed by atoms with Gasteiger partial charge in [0.15, 0.2) is 0 Å². The minimum Gasteiger partial charge on any atom is -0.438 e. The average Bonchev–Trinajstić information content (AvgIpc) is 2.83. The Kier molecular flexibility index (Phi) is 6.84. The molecule has 4 aromatic rings. The number of nitrogens with one attached hydrogen (secondary N) is 3. The average molecular weight is 479 g/mol. The van der Waals surface area contributed by atoms with E-state index in [1.807, 2.05) is 13.0 Å². The molecule has 0 bridgehead atoms. The van der Waals surface area contributed by atoms with Crippen molar-refractivity contribution < 1.29 is 13.9 Å². The van der Waals surface area contributed by atoms with Gasteiger partial charge in [-0.2, -0.15) is 0 Å². The summed E-state index contributed by atoms with van der Waals surface area (Å²) in [4.78, 5) is 25.2. The highest BCUT2D eigenvalue weighted by molar-refractivity contribution is 6.30. The minimum absolute atomic E-state index is 0.0181. The Morgan fingerprint density at radius 1 is 1.00 bits per heavy atom. The van der Waals surface area contributed by atoms with Crippen molar-refractivity contribution in [2.75, 3.05) is 23.0 Å². The van der Waals surface area contributed by atoms with Gasteiger partial charge in [0.25, 0.3) is 0 Å². The smallest absolute Gasteiger partial charge is 0.323 e. The molecule has 0 radical (unpaired) electrons. The van der Waals surface area contributed by atoms with E-state index >= 15 is 0 Å². The topological polar surface area (TPSA) is 101 Å². The monoisotopic (exact) mass is 478 g/mol. The summed E-state index contributed by atoms with van der Waals surface area (Å²) >= 11 is 5.67. The molecule has 0 saturated carbocycles. The number of pyridine rings is 1. The summed E-state index contributed by atoms with van der Waals surface area (Å²) in [6.07, 6.45) is 3.29. The molecule has 8 nitrogen and oxygen atoms in total. The number of urea groups is 1. The van der Waals surface area contributed by atoms with Crippen LogP contribution in [0.25, 0.3) is 11.3 Å². The number of hydrogen-bond acceptors (Lipinski definition) is 6. The lowest BCUT2D eigenvalue weighted by atomic mass is 10.2. The van der Waals surface area contributed by atoms with E-state index in [4.69, 9.17) is 16.3 Å². The van der Waals surface area contributed by atoms with Gasteiger partial charge in [0, 0.05) is 30.8 Å². The number of carbonyl (C=O) groups excluding carboxylic acids is 1. The Morgan fingerprint density at radius 3 is 2.50 bits per heavy atom. The van der Waals surface area contributed by atoms with Gasteiger partial charge in [-0.1, -0.05) is 11.6 Å². The van der Waals surface area contributed by atoms with Gasteiger partial charge in [-0.05, 0) is 67.1 Å². The summed E-state index contributed by atoms with van der Waals surface area (Å²) in [5, 5.41) is 8.16. The summed E-state index contributed by atoms with van der Waals surface area (Å²) in [5.41, 5.74) is 2.95. The van der Waals surface area contributed by atoms with Crippen molar-refractivity contribution in [2.24, 2.45) is 0 Å². The summed E-state index contributed by atoms with van der Waals surface area (Å²) in [5.74, 6) is 0.816. The lowest BCUT2D eigenvalue weighted by Crippen LogP contribution is -2.19. The van der Waals surface area contributed by atoms with Crippen molar-refractivity contribution in [1.29, 1.82) is 0 Å². The molecule has 2 amide bonds. The van der Waals surface area contributed by atoms with Crippen LogP contribution in [0.3, 0.4) is 0 Å². The van der Waals surface area contributed by atoms with Gasteiger partial charge >= 0.3 is 6.03 Å². The first-order valence-electron chi connectivity index (χ1n) is 10.2. The molecule has 0 aliphatic carbocycles. The largest absolute Gasteiger partial charge is 0.438 e. The van der Waals surface area contributed by atoms with E-state index in [2.05, 4.69) is 30.9 Å². The maximum atomic E-state index is 13.6. The molecule has 4 rings (SSSR count). The highest BCUT2D eigenvalue weighted by Gasteiger charge is 2.13. The van der Waals surface area contributed by atoms with Crippen LogP contribution in [0, 0.1) is 12.7 Å². The lowest BCUT2D eigenvalue weighted by Gasteiger charge is -2.13. The molecule has 0 saturated heterocycles. The van der Waals surface area contributed by atoms with Crippen LogP contribution in [0.4, 0.5) is 26.5 Å². The van der Waals surface area contributed by atoms with Gasteiger partial charge in [0.1, 0.15) is 11.6 Å². The zero-order chi connectivity index (χ0) is 24.1. The Labute approximate surface area is 200 Å². The Morgan fingerprint density at radius 2 is 1.76 bits per heavy atom. The molecular formula is C24H20ClFN6O2. The molecule has 172 valence electrons. The third kappa shape index (κ3) is 5.38. The quantitative estimate of drug-likeness (QED) is 0.309. The molecular weight excluding hydrogens is 459 g/mol. The molecule has 0 aliphatic heterocycles. The Hall–Kier alpha value is -4.24. The number of halogens is 2. The molecule has 0 atom stereocenters. The van der Waals surface area contributed by atoms with Crippen LogP contribution in [0.1, 0.15) is 5.56 Å². The first-order valence-corrected chi connectivity index (χ1v) is 10.6. The summed E-state index contributed by atoms with van der Waals surface area (Å²) in [7, 11) is 1.74. The van der Waals surface area contributed by atoms with E-state index in [1.165, 1.54) is 12.1 Å². The van der Waals surface area contributed by atoms with Gasteiger partial charge in [-0.25, -0.2) is 24.1 Å². The zero-order valence-electron chi connectivity index (χ0n) is 18.3. The minimum atomic E-state index is -0.616. The normalized spacial score (nSPS) is 10.5. The number of ether oxygens (including phenoxy) is 1. The third-order valence-electron chi connectivity index (χ3n) is 4.74. The summed E-state index contributed by atoms with van der Waals surface area (Å²) in [6, 6.07) is 14.1. The van der Waals surface area contributed by atoms with Crippen molar-refractivity contribution in [3.05, 3.63) is 83.4 Å². The van der Waals surface area contributed by atoms with E-state index in [0.717, 1.165) is 11.6 Å². The maximum absolute atomic E-state index is 13.6. The number of hydrogen-bond donors (Lipinski definition) is 3. The van der Waals surface area contributed by atoms with Crippen LogP contribution in [0.5, 0.6) is 11.6 Å². The van der Waals surface area contributed by atoms with Gasteiger partial charge in [0.05, 0.1) is 16.3 Å². The lowest BCUT2D eigenvalue weighted by molar-refractivity contribution is 0.262. The van der Waals surface area contributed by atoms with Gasteiger partial charge in [-0.15, -0.1) is 0 Å². The number of aryl methyl sites for hydroxylation is 1. The van der Waals surface area contributed by atoms with Gasteiger partial charge in [-0.3, -0.25) is 0 Å².